The molecule has 0 aliphatic rings. The number of carbonyl (C=O) groups is 1. The zero-order valence-electron chi connectivity index (χ0n) is 20.5. The SMILES string of the molecule is CC(=CCCC(C)=CCNC(=O)c1ccccc1S)CCC=C(C)CCCCc1ccc[nH]1. The molecule has 1 amide bonds. The maximum absolute atomic E-state index is 12.2. The number of amides is 1. The summed E-state index contributed by atoms with van der Waals surface area (Å²) in [6.45, 7) is 7.16. The molecular weight excluding hydrogens is 424 g/mol. The number of nitrogens with one attached hydrogen (secondary N) is 2. The number of aromatic nitrogens is 1. The summed E-state index contributed by atoms with van der Waals surface area (Å²) in [7, 11) is 0. The molecule has 178 valence electrons. The summed E-state index contributed by atoms with van der Waals surface area (Å²) >= 11 is 4.34. The summed E-state index contributed by atoms with van der Waals surface area (Å²) in [5, 5.41) is 2.95. The highest BCUT2D eigenvalue weighted by molar-refractivity contribution is 7.80. The van der Waals surface area contributed by atoms with Crippen LogP contribution in [0.1, 0.15) is 81.8 Å². The van der Waals surface area contributed by atoms with Gasteiger partial charge >= 0.3 is 0 Å². The summed E-state index contributed by atoms with van der Waals surface area (Å²) in [4.78, 5) is 16.2. The third kappa shape index (κ3) is 11.3. The molecule has 0 radical (unpaired) electrons. The van der Waals surface area contributed by atoms with Gasteiger partial charge in [-0.15, -0.1) is 12.6 Å². The van der Waals surface area contributed by atoms with Gasteiger partial charge in [0, 0.05) is 23.3 Å². The van der Waals surface area contributed by atoms with E-state index in [1.54, 1.807) is 6.07 Å². The number of aromatic amines is 1. The van der Waals surface area contributed by atoms with Crippen LogP contribution in [0.25, 0.3) is 0 Å². The highest BCUT2D eigenvalue weighted by Crippen LogP contribution is 2.15. The van der Waals surface area contributed by atoms with E-state index in [1.165, 1.54) is 41.7 Å². The molecule has 0 spiro atoms. The average molecular weight is 465 g/mol. The van der Waals surface area contributed by atoms with E-state index in [4.69, 9.17) is 0 Å². The zero-order chi connectivity index (χ0) is 23.9. The third-order valence-electron chi connectivity index (χ3n) is 5.85. The molecule has 0 unspecified atom stereocenters. The molecule has 2 N–H and O–H groups in total. The lowest BCUT2D eigenvalue weighted by molar-refractivity contribution is 0.0955. The first-order valence-electron chi connectivity index (χ1n) is 12.1. The number of thiol groups is 1. The van der Waals surface area contributed by atoms with E-state index in [2.05, 4.69) is 74.1 Å². The number of benzene rings is 1. The van der Waals surface area contributed by atoms with Gasteiger partial charge in [0.2, 0.25) is 0 Å². The Hall–Kier alpha value is -2.46. The van der Waals surface area contributed by atoms with Gasteiger partial charge in [-0.3, -0.25) is 4.79 Å². The standard InChI is InChI=1S/C29H40N2OS/c1-23(11-4-5-16-26-17-10-21-30-26)12-8-13-24(2)14-9-15-25(3)20-22-31-29(32)27-18-6-7-19-28(27)33/h6-7,10,12,14,17-21,30,33H,4-5,8-9,11,13,15-16,22H2,1-3H3,(H,31,32). The van der Waals surface area contributed by atoms with Crippen molar-refractivity contribution in [2.75, 3.05) is 6.54 Å². The highest BCUT2D eigenvalue weighted by Gasteiger charge is 2.06. The van der Waals surface area contributed by atoms with Crippen LogP contribution in [-0.4, -0.2) is 17.4 Å². The first-order valence-corrected chi connectivity index (χ1v) is 12.6. The smallest absolute Gasteiger partial charge is 0.252 e. The third-order valence-corrected chi connectivity index (χ3v) is 6.24. The fourth-order valence-electron chi connectivity index (χ4n) is 3.72. The summed E-state index contributed by atoms with van der Waals surface area (Å²) in [5.41, 5.74) is 6.22. The van der Waals surface area contributed by atoms with Crippen molar-refractivity contribution in [3.63, 3.8) is 0 Å². The molecule has 4 heteroatoms. The van der Waals surface area contributed by atoms with Gasteiger partial charge in [-0.25, -0.2) is 0 Å². The second kappa shape index (κ2) is 15.4. The van der Waals surface area contributed by atoms with Crippen LogP contribution >= 0.6 is 12.6 Å². The van der Waals surface area contributed by atoms with Crippen molar-refractivity contribution >= 4 is 18.5 Å². The van der Waals surface area contributed by atoms with Gasteiger partial charge in [0.15, 0.2) is 0 Å². The lowest BCUT2D eigenvalue weighted by Gasteiger charge is -2.06. The largest absolute Gasteiger partial charge is 0.365 e. The van der Waals surface area contributed by atoms with Gasteiger partial charge < -0.3 is 10.3 Å². The molecule has 0 aliphatic carbocycles. The molecular formula is C29H40N2OS. The Morgan fingerprint density at radius 2 is 1.55 bits per heavy atom. The molecule has 2 aromatic rings. The summed E-state index contributed by atoms with van der Waals surface area (Å²) in [5.74, 6) is -0.0794. The van der Waals surface area contributed by atoms with Crippen LogP contribution in [0.3, 0.4) is 0 Å². The van der Waals surface area contributed by atoms with E-state index < -0.39 is 0 Å². The second-order valence-electron chi connectivity index (χ2n) is 8.86. The topological polar surface area (TPSA) is 44.9 Å². The van der Waals surface area contributed by atoms with Crippen molar-refractivity contribution in [2.45, 2.75) is 77.0 Å². The van der Waals surface area contributed by atoms with Crippen LogP contribution in [0.5, 0.6) is 0 Å². The first kappa shape index (κ1) is 26.8. The van der Waals surface area contributed by atoms with Crippen molar-refractivity contribution in [3.8, 4) is 0 Å². The molecule has 1 aromatic heterocycles. The zero-order valence-corrected chi connectivity index (χ0v) is 21.4. The number of hydrogen-bond donors (Lipinski definition) is 3. The maximum Gasteiger partial charge on any atom is 0.252 e. The van der Waals surface area contributed by atoms with E-state index in [0.29, 0.717) is 17.0 Å². The van der Waals surface area contributed by atoms with Crippen LogP contribution < -0.4 is 5.32 Å². The Morgan fingerprint density at radius 3 is 2.21 bits per heavy atom. The van der Waals surface area contributed by atoms with Gasteiger partial charge in [0.05, 0.1) is 5.56 Å². The quantitative estimate of drug-likeness (QED) is 0.149. The Morgan fingerprint density at radius 1 is 0.879 bits per heavy atom. The van der Waals surface area contributed by atoms with Crippen LogP contribution in [0.4, 0.5) is 0 Å². The molecule has 3 nitrogen and oxygen atoms in total. The lowest BCUT2D eigenvalue weighted by atomic mass is 10.0. The Bertz CT molecular complexity index is 938. The van der Waals surface area contributed by atoms with E-state index in [0.717, 1.165) is 32.1 Å². The van der Waals surface area contributed by atoms with Crippen molar-refractivity contribution in [3.05, 3.63) is 88.8 Å². The minimum absolute atomic E-state index is 0.0794. The fourth-order valence-corrected chi connectivity index (χ4v) is 3.98. The highest BCUT2D eigenvalue weighted by atomic mass is 32.1. The molecule has 33 heavy (non-hydrogen) atoms. The molecule has 1 aromatic carbocycles. The lowest BCUT2D eigenvalue weighted by Crippen LogP contribution is -2.23. The van der Waals surface area contributed by atoms with Gasteiger partial charge in [0.25, 0.3) is 5.91 Å². The van der Waals surface area contributed by atoms with E-state index in [1.807, 2.05) is 24.4 Å². The molecule has 0 bridgehead atoms. The van der Waals surface area contributed by atoms with Crippen LogP contribution in [0, 0.1) is 0 Å². The molecule has 1 heterocycles. The van der Waals surface area contributed by atoms with Crippen LogP contribution in [0.15, 0.2) is 82.4 Å². The summed E-state index contributed by atoms with van der Waals surface area (Å²) in [6.07, 6.45) is 18.0. The predicted octanol–water partition coefficient (Wildman–Crippen LogP) is 7.85. The number of rotatable bonds is 14. The number of hydrogen-bond acceptors (Lipinski definition) is 2. The van der Waals surface area contributed by atoms with Crippen LogP contribution in [-0.2, 0) is 6.42 Å². The molecule has 0 saturated carbocycles. The van der Waals surface area contributed by atoms with Crippen molar-refractivity contribution in [1.29, 1.82) is 0 Å². The minimum Gasteiger partial charge on any atom is -0.365 e. The Kier molecular flexibility index (Phi) is 12.5. The second-order valence-corrected chi connectivity index (χ2v) is 9.34. The predicted molar refractivity (Wildman–Crippen MR) is 144 cm³/mol. The van der Waals surface area contributed by atoms with Gasteiger partial charge in [-0.1, -0.05) is 47.1 Å². The number of unbranched alkanes of at least 4 members (excludes halogenated alkanes) is 1. The molecule has 0 aliphatic heterocycles. The Labute approximate surface area is 205 Å². The van der Waals surface area contributed by atoms with Gasteiger partial charge in [-0.05, 0) is 96.4 Å². The summed E-state index contributed by atoms with van der Waals surface area (Å²) in [6, 6.07) is 11.6. The van der Waals surface area contributed by atoms with Crippen molar-refractivity contribution in [2.24, 2.45) is 0 Å². The minimum atomic E-state index is -0.0794. The van der Waals surface area contributed by atoms with E-state index in [9.17, 15) is 4.79 Å². The molecule has 0 atom stereocenters. The molecule has 0 saturated heterocycles. The first-order chi connectivity index (χ1) is 16.0. The number of carbonyl (C=O) groups excluding carboxylic acids is 1. The van der Waals surface area contributed by atoms with E-state index >= 15 is 0 Å². The monoisotopic (exact) mass is 464 g/mol. The number of aryl methyl sites for hydroxylation is 1. The van der Waals surface area contributed by atoms with Gasteiger partial charge in [-0.2, -0.15) is 0 Å². The van der Waals surface area contributed by atoms with Gasteiger partial charge in [0.1, 0.15) is 0 Å². The number of allylic oxidation sites excluding steroid dienone is 5. The molecule has 2 rings (SSSR count). The van der Waals surface area contributed by atoms with Crippen molar-refractivity contribution < 1.29 is 4.79 Å². The number of H-pyrrole nitrogens is 1. The fraction of sp³-hybridized carbons (Fsp3) is 0.414. The van der Waals surface area contributed by atoms with Crippen molar-refractivity contribution in [1.82, 2.24) is 10.3 Å². The summed E-state index contributed by atoms with van der Waals surface area (Å²) < 4.78 is 0. The average Bonchev–Trinajstić information content (AvgIpc) is 3.30. The van der Waals surface area contributed by atoms with E-state index in [-0.39, 0.29) is 5.91 Å². The normalized spacial score (nSPS) is 12.8. The molecule has 0 fully saturated rings. The van der Waals surface area contributed by atoms with Crippen LogP contribution in [0.2, 0.25) is 0 Å². The Balaban J connectivity index is 1.58. The maximum atomic E-state index is 12.2.